The van der Waals surface area contributed by atoms with Gasteiger partial charge in [0, 0.05) is 18.1 Å². The van der Waals surface area contributed by atoms with Crippen molar-refractivity contribution >= 4 is 33.2 Å². The lowest BCUT2D eigenvalue weighted by molar-refractivity contribution is -0.132. The number of rotatable bonds is 5. The number of aliphatic hydroxyl groups is 1. The Balaban J connectivity index is 1.95. The zero-order chi connectivity index (χ0) is 24.6. The molecule has 1 aliphatic heterocycles. The number of hydrogen-bond donors (Lipinski definition) is 2. The lowest BCUT2D eigenvalue weighted by Crippen LogP contribution is -2.29. The molecule has 0 radical (unpaired) electrons. The summed E-state index contributed by atoms with van der Waals surface area (Å²) in [6.07, 6.45) is 3.01. The van der Waals surface area contributed by atoms with Gasteiger partial charge in [0.05, 0.1) is 29.2 Å². The average Bonchev–Trinajstić information content (AvgIpc) is 3.09. The summed E-state index contributed by atoms with van der Waals surface area (Å²) in [6, 6.07) is 12.6. The number of carbonyl (C=O) groups excluding carboxylic acids is 2. The molecule has 2 heterocycles. The number of anilines is 1. The number of ether oxygens (including phenoxy) is 1. The predicted molar refractivity (Wildman–Crippen MR) is 125 cm³/mol. The van der Waals surface area contributed by atoms with Crippen molar-refractivity contribution in [3.05, 3.63) is 89.3 Å². The number of nitrogens with zero attached hydrogens (tertiary/aromatic N) is 2. The minimum Gasteiger partial charge on any atom is -0.507 e. The van der Waals surface area contributed by atoms with Crippen LogP contribution < -0.4 is 14.8 Å². The first-order chi connectivity index (χ1) is 16.1. The molecule has 0 saturated carbocycles. The Hall–Kier alpha value is -4.02. The summed E-state index contributed by atoms with van der Waals surface area (Å²) in [5.74, 6) is -1.82. The normalized spacial score (nSPS) is 17.7. The maximum atomic E-state index is 13.2. The van der Waals surface area contributed by atoms with Crippen LogP contribution in [0.5, 0.6) is 5.75 Å². The van der Waals surface area contributed by atoms with E-state index in [0.717, 1.165) is 5.56 Å². The maximum Gasteiger partial charge on any atom is 0.300 e. The van der Waals surface area contributed by atoms with Gasteiger partial charge in [-0.15, -0.1) is 0 Å². The third-order valence-electron chi connectivity index (χ3n) is 5.52. The number of Topliss-reactive ketones (excluding diaryl/α,β-unsaturated/α-hetero) is 1. The zero-order valence-corrected chi connectivity index (χ0v) is 19.1. The second-order valence-electron chi connectivity index (χ2n) is 7.69. The van der Waals surface area contributed by atoms with Crippen LogP contribution in [0.2, 0.25) is 0 Å². The highest BCUT2D eigenvalue weighted by Crippen LogP contribution is 2.43. The minimum absolute atomic E-state index is 0.129. The van der Waals surface area contributed by atoms with E-state index in [1.807, 2.05) is 6.92 Å². The number of aliphatic hydroxyl groups excluding tert-OH is 1. The van der Waals surface area contributed by atoms with Gasteiger partial charge in [0.25, 0.3) is 11.7 Å². The molecular formula is C24H21N3O6S. The van der Waals surface area contributed by atoms with Crippen molar-refractivity contribution in [2.45, 2.75) is 17.9 Å². The third kappa shape index (κ3) is 4.04. The summed E-state index contributed by atoms with van der Waals surface area (Å²) < 4.78 is 28.6. The van der Waals surface area contributed by atoms with E-state index in [0.29, 0.717) is 11.3 Å². The SMILES string of the molecule is COc1ccc(C)cc1/C(O)=C1\C(=O)C(=O)N(c2ccc(S(N)(=O)=O)cc2)C1c1ccncc1. The molecule has 1 atom stereocenters. The summed E-state index contributed by atoms with van der Waals surface area (Å²) in [5, 5.41) is 16.5. The molecule has 4 rings (SSSR count). The van der Waals surface area contributed by atoms with Gasteiger partial charge >= 0.3 is 0 Å². The first-order valence-corrected chi connectivity index (χ1v) is 11.7. The van der Waals surface area contributed by atoms with Crippen molar-refractivity contribution in [1.29, 1.82) is 0 Å². The molecule has 9 nitrogen and oxygen atoms in total. The van der Waals surface area contributed by atoms with Crippen LogP contribution in [0.3, 0.4) is 0 Å². The number of carbonyl (C=O) groups is 2. The van der Waals surface area contributed by atoms with Crippen LogP contribution in [-0.2, 0) is 19.6 Å². The molecule has 0 aliphatic carbocycles. The van der Waals surface area contributed by atoms with E-state index >= 15 is 0 Å². The molecular weight excluding hydrogens is 458 g/mol. The Kier molecular flexibility index (Phi) is 5.94. The van der Waals surface area contributed by atoms with Crippen LogP contribution in [-0.4, -0.2) is 37.3 Å². The molecule has 1 aromatic heterocycles. The Morgan fingerprint density at radius 1 is 1.06 bits per heavy atom. The van der Waals surface area contributed by atoms with E-state index < -0.39 is 27.8 Å². The molecule has 1 fully saturated rings. The lowest BCUT2D eigenvalue weighted by atomic mass is 9.95. The Morgan fingerprint density at radius 3 is 2.29 bits per heavy atom. The van der Waals surface area contributed by atoms with Gasteiger partial charge in [0.1, 0.15) is 11.5 Å². The number of primary sulfonamides is 1. The van der Waals surface area contributed by atoms with Crippen molar-refractivity contribution in [1.82, 2.24) is 4.98 Å². The topological polar surface area (TPSA) is 140 Å². The molecule has 34 heavy (non-hydrogen) atoms. The van der Waals surface area contributed by atoms with Crippen LogP contribution in [0.25, 0.3) is 5.76 Å². The molecule has 1 aliphatic rings. The lowest BCUT2D eigenvalue weighted by Gasteiger charge is -2.25. The smallest absolute Gasteiger partial charge is 0.300 e. The fraction of sp³-hybridized carbons (Fsp3) is 0.125. The van der Waals surface area contributed by atoms with E-state index in [9.17, 15) is 23.1 Å². The van der Waals surface area contributed by atoms with Crippen molar-refractivity contribution in [2.75, 3.05) is 12.0 Å². The van der Waals surface area contributed by atoms with Crippen LogP contribution >= 0.6 is 0 Å². The fourth-order valence-corrected chi connectivity index (χ4v) is 4.42. The first kappa shape index (κ1) is 23.1. The molecule has 1 unspecified atom stereocenters. The first-order valence-electron chi connectivity index (χ1n) is 10.1. The van der Waals surface area contributed by atoms with Crippen molar-refractivity contribution < 1.29 is 27.9 Å². The van der Waals surface area contributed by atoms with Crippen molar-refractivity contribution in [2.24, 2.45) is 5.14 Å². The van der Waals surface area contributed by atoms with Crippen LogP contribution in [0, 0.1) is 6.92 Å². The van der Waals surface area contributed by atoms with Gasteiger partial charge in [0.15, 0.2) is 0 Å². The highest BCUT2D eigenvalue weighted by Gasteiger charge is 2.47. The van der Waals surface area contributed by atoms with Gasteiger partial charge in [-0.1, -0.05) is 11.6 Å². The van der Waals surface area contributed by atoms with Crippen LogP contribution in [0.15, 0.2) is 77.5 Å². The fourth-order valence-electron chi connectivity index (χ4n) is 3.91. The number of benzene rings is 2. The largest absolute Gasteiger partial charge is 0.507 e. The summed E-state index contributed by atoms with van der Waals surface area (Å²) in [6.45, 7) is 1.82. The zero-order valence-electron chi connectivity index (χ0n) is 18.3. The monoisotopic (exact) mass is 479 g/mol. The predicted octanol–water partition coefficient (Wildman–Crippen LogP) is 2.67. The Labute approximate surface area is 196 Å². The summed E-state index contributed by atoms with van der Waals surface area (Å²) >= 11 is 0. The van der Waals surface area contributed by atoms with E-state index in [2.05, 4.69) is 4.98 Å². The molecule has 3 aromatic rings. The minimum atomic E-state index is -3.95. The van der Waals surface area contributed by atoms with Gasteiger partial charge < -0.3 is 9.84 Å². The highest BCUT2D eigenvalue weighted by molar-refractivity contribution is 7.89. The number of hydrogen-bond acceptors (Lipinski definition) is 7. The molecule has 10 heteroatoms. The third-order valence-corrected chi connectivity index (χ3v) is 6.45. The number of nitrogens with two attached hydrogens (primary N) is 1. The Bertz CT molecular complexity index is 1420. The highest BCUT2D eigenvalue weighted by atomic mass is 32.2. The van der Waals surface area contributed by atoms with Gasteiger partial charge in [-0.2, -0.15) is 0 Å². The maximum absolute atomic E-state index is 13.2. The van der Waals surface area contributed by atoms with E-state index in [1.54, 1.807) is 30.3 Å². The van der Waals surface area contributed by atoms with Crippen molar-refractivity contribution in [3.8, 4) is 5.75 Å². The average molecular weight is 480 g/mol. The van der Waals surface area contributed by atoms with E-state index in [1.165, 1.54) is 48.7 Å². The number of sulfonamides is 1. The number of aryl methyl sites for hydroxylation is 1. The number of methoxy groups -OCH3 is 1. The van der Waals surface area contributed by atoms with Crippen molar-refractivity contribution in [3.63, 3.8) is 0 Å². The van der Waals surface area contributed by atoms with E-state index in [-0.39, 0.29) is 27.5 Å². The molecule has 1 saturated heterocycles. The van der Waals surface area contributed by atoms with Gasteiger partial charge in [0.2, 0.25) is 10.0 Å². The number of pyridine rings is 1. The van der Waals surface area contributed by atoms with Crippen LogP contribution in [0.4, 0.5) is 5.69 Å². The molecule has 0 spiro atoms. The summed E-state index contributed by atoms with van der Waals surface area (Å²) in [5.41, 5.74) is 1.74. The molecule has 3 N–H and O–H groups in total. The van der Waals surface area contributed by atoms with Gasteiger partial charge in [-0.3, -0.25) is 19.5 Å². The molecule has 2 aromatic carbocycles. The van der Waals surface area contributed by atoms with E-state index in [4.69, 9.17) is 9.88 Å². The molecule has 174 valence electrons. The Morgan fingerprint density at radius 2 is 1.71 bits per heavy atom. The summed E-state index contributed by atoms with van der Waals surface area (Å²) in [4.78, 5) is 31.5. The summed E-state index contributed by atoms with van der Waals surface area (Å²) in [7, 11) is -2.51. The quantitative estimate of drug-likeness (QED) is 0.326. The molecule has 0 bridgehead atoms. The number of ketones is 1. The van der Waals surface area contributed by atoms with Crippen LogP contribution in [0.1, 0.15) is 22.7 Å². The van der Waals surface area contributed by atoms with Gasteiger partial charge in [-0.25, -0.2) is 13.6 Å². The van der Waals surface area contributed by atoms with Gasteiger partial charge in [-0.05, 0) is 61.0 Å². The molecule has 1 amide bonds. The second kappa shape index (κ2) is 8.73. The standard InChI is InChI=1S/C24H21N3O6S/c1-14-3-8-19(33-2)18(13-14)22(28)20-21(15-9-11-26-12-10-15)27(24(30)23(20)29)16-4-6-17(7-5-16)34(25,31)32/h3-13,21,28H,1-2H3,(H2,25,31,32)/b22-20+. The number of aromatic nitrogens is 1. The second-order valence-corrected chi connectivity index (χ2v) is 9.25. The number of amides is 1.